The average Bonchev–Trinajstić information content (AvgIpc) is 2.72. The quantitative estimate of drug-likeness (QED) is 0.775. The first-order chi connectivity index (χ1) is 9.23. The van der Waals surface area contributed by atoms with Crippen molar-refractivity contribution in [3.63, 3.8) is 0 Å². The fraction of sp³-hybridized carbons (Fsp3) is 0.583. The molecule has 3 nitrogen and oxygen atoms in total. The lowest BCUT2D eigenvalue weighted by Gasteiger charge is -2.29. The molecule has 0 fully saturated rings. The normalized spacial score (nSPS) is 15.9. The molecule has 0 N–H and O–H groups in total. The molecule has 1 rings (SSSR count). The molecule has 0 aliphatic carbocycles. The Balaban J connectivity index is 3.34. The van der Waals surface area contributed by atoms with Gasteiger partial charge in [-0.15, -0.1) is 22.9 Å². The number of halogens is 1. The zero-order valence-electron chi connectivity index (χ0n) is 13.1. The fourth-order valence-corrected chi connectivity index (χ4v) is 2.57. The Bertz CT molecular complexity index is 476. The Morgan fingerprint density at radius 3 is 3.00 bits per heavy atom. The Kier molecular flexibility index (Phi) is 3.88. The number of carbonyl (C=O) groups excluding carboxylic acids is 1. The van der Waals surface area contributed by atoms with E-state index in [9.17, 15) is 4.79 Å². The lowest BCUT2D eigenvalue weighted by molar-refractivity contribution is -0.116. The molecule has 0 spiro atoms. The minimum Gasteiger partial charge on any atom is -0.383 e. The molecule has 1 amide bonds. The van der Waals surface area contributed by atoms with E-state index in [0.717, 1.165) is 4.88 Å². The Morgan fingerprint density at radius 1 is 1.76 bits per heavy atom. The van der Waals surface area contributed by atoms with Gasteiger partial charge in [0.25, 0.3) is 0 Å². The van der Waals surface area contributed by atoms with Crippen LogP contribution < -0.4 is 4.90 Å². The maximum Gasteiger partial charge on any atom is 0.242 e. The minimum atomic E-state index is -2.27. The number of thiophene rings is 1. The van der Waals surface area contributed by atoms with Crippen molar-refractivity contribution < 1.29 is 13.6 Å². The molecular weight excluding hydrogens is 258 g/mol. The number of carbonyl (C=O) groups is 1. The van der Waals surface area contributed by atoms with Crippen LogP contribution in [0.3, 0.4) is 0 Å². The minimum absolute atomic E-state index is 0.182. The molecule has 0 bridgehead atoms. The maximum absolute atomic E-state index is 12.1. The summed E-state index contributed by atoms with van der Waals surface area (Å²) in [5, 5.41) is 1.58. The zero-order chi connectivity index (χ0) is 15.5. The molecule has 1 heterocycles. The van der Waals surface area contributed by atoms with Gasteiger partial charge in [0.05, 0.1) is 18.3 Å². The van der Waals surface area contributed by atoms with Crippen molar-refractivity contribution in [1.82, 2.24) is 0 Å². The van der Waals surface area contributed by atoms with E-state index >= 15 is 0 Å². The summed E-state index contributed by atoms with van der Waals surface area (Å²) in [5.41, 5.74) is 0.617. The van der Waals surface area contributed by atoms with Gasteiger partial charge in [0.15, 0.2) is 0 Å². The van der Waals surface area contributed by atoms with E-state index < -0.39 is 6.85 Å². The van der Waals surface area contributed by atoms with Gasteiger partial charge in [-0.3, -0.25) is 4.79 Å². The van der Waals surface area contributed by atoms with E-state index in [2.05, 4.69) is 0 Å². The number of aryl methyl sites for hydroxylation is 2. The van der Waals surface area contributed by atoms with Gasteiger partial charge >= 0.3 is 0 Å². The summed E-state index contributed by atoms with van der Waals surface area (Å²) in [5.74, 6) is -0.535. The van der Waals surface area contributed by atoms with Crippen LogP contribution in [0.1, 0.15) is 21.5 Å². The monoisotopic (exact) mass is 278 g/mol. The van der Waals surface area contributed by atoms with Gasteiger partial charge in [-0.05, 0) is 31.6 Å². The Morgan fingerprint density at radius 2 is 2.47 bits per heavy atom. The lowest BCUT2D eigenvalue weighted by Crippen LogP contribution is -2.42. The molecule has 96 valence electrons. The molecule has 0 aromatic carbocycles. The Labute approximate surface area is 116 Å². The topological polar surface area (TPSA) is 29.5 Å². The van der Waals surface area contributed by atoms with Crippen LogP contribution in [-0.4, -0.2) is 31.5 Å². The average molecular weight is 279 g/mol. The van der Waals surface area contributed by atoms with Crippen LogP contribution in [0.15, 0.2) is 5.38 Å². The molecule has 0 saturated carbocycles. The van der Waals surface area contributed by atoms with Crippen LogP contribution in [0.25, 0.3) is 0 Å². The van der Waals surface area contributed by atoms with Gasteiger partial charge in [0.1, 0.15) is 5.88 Å². The molecular formula is C12H18ClNO2S. The first-order valence-electron chi connectivity index (χ1n) is 6.69. The summed E-state index contributed by atoms with van der Waals surface area (Å²) in [7, 11) is 1.53. The van der Waals surface area contributed by atoms with Crippen molar-refractivity contribution >= 4 is 34.5 Å². The van der Waals surface area contributed by atoms with E-state index in [1.54, 1.807) is 19.2 Å². The second-order valence-corrected chi connectivity index (χ2v) is 5.11. The van der Waals surface area contributed by atoms with Crippen LogP contribution in [0.4, 0.5) is 5.69 Å². The molecule has 1 aromatic heterocycles. The molecule has 1 atom stereocenters. The number of ether oxygens (including phenoxy) is 1. The van der Waals surface area contributed by atoms with Gasteiger partial charge in [-0.25, -0.2) is 0 Å². The van der Waals surface area contributed by atoms with Crippen molar-refractivity contribution in [1.29, 1.82) is 0 Å². The van der Waals surface area contributed by atoms with E-state index in [1.165, 1.54) is 23.3 Å². The third-order valence-electron chi connectivity index (χ3n) is 2.41. The number of methoxy groups -OCH3 is 1. The van der Waals surface area contributed by atoms with Crippen LogP contribution in [0.5, 0.6) is 0 Å². The Hall–Kier alpha value is -0.580. The van der Waals surface area contributed by atoms with Gasteiger partial charge in [-0.2, -0.15) is 0 Å². The van der Waals surface area contributed by atoms with Crippen LogP contribution in [0.2, 0.25) is 0 Å². The van der Waals surface area contributed by atoms with E-state index in [0.29, 0.717) is 12.3 Å². The fourth-order valence-electron chi connectivity index (χ4n) is 1.72. The number of nitrogens with zero attached hydrogens (tertiary/aromatic N) is 1. The number of alkyl halides is 1. The van der Waals surface area contributed by atoms with Gasteiger partial charge in [0.2, 0.25) is 5.91 Å². The summed E-state index contributed by atoms with van der Waals surface area (Å²) in [6.45, 7) is 1.63. The molecule has 17 heavy (non-hydrogen) atoms. The van der Waals surface area contributed by atoms with Crippen molar-refractivity contribution in [2.75, 3.05) is 24.5 Å². The summed E-state index contributed by atoms with van der Waals surface area (Å²) < 4.78 is 27.9. The highest BCUT2D eigenvalue weighted by Gasteiger charge is 2.24. The number of amides is 1. The summed E-state index contributed by atoms with van der Waals surface area (Å²) in [6.07, 6.45) is 0. The number of hydrogen-bond acceptors (Lipinski definition) is 3. The molecule has 1 aromatic rings. The molecule has 0 saturated heterocycles. The van der Waals surface area contributed by atoms with E-state index in [-0.39, 0.29) is 23.4 Å². The van der Waals surface area contributed by atoms with Crippen LogP contribution in [0, 0.1) is 13.8 Å². The standard InChI is InChI=1S/C12H18ClNO2S/c1-8-7-17-10(3)12(8)14(11(15)5-13)9(2)6-16-4/h7,9H,5-6H2,1-4H3/i1D3. The highest BCUT2D eigenvalue weighted by atomic mass is 35.5. The van der Waals surface area contributed by atoms with Gasteiger partial charge in [-0.1, -0.05) is 0 Å². The molecule has 5 heteroatoms. The number of anilines is 1. The predicted molar refractivity (Wildman–Crippen MR) is 73.3 cm³/mol. The van der Waals surface area contributed by atoms with Crippen molar-refractivity contribution in [2.45, 2.75) is 26.7 Å². The molecule has 1 unspecified atom stereocenters. The van der Waals surface area contributed by atoms with Crippen LogP contribution in [-0.2, 0) is 9.53 Å². The summed E-state index contributed by atoms with van der Waals surface area (Å²) in [6, 6.07) is -0.291. The summed E-state index contributed by atoms with van der Waals surface area (Å²) >= 11 is 6.97. The lowest BCUT2D eigenvalue weighted by atomic mass is 10.2. The van der Waals surface area contributed by atoms with E-state index in [1.807, 2.05) is 0 Å². The second kappa shape index (κ2) is 6.38. The smallest absolute Gasteiger partial charge is 0.242 e. The van der Waals surface area contributed by atoms with Crippen molar-refractivity contribution in [2.24, 2.45) is 0 Å². The first-order valence-corrected chi connectivity index (χ1v) is 6.61. The van der Waals surface area contributed by atoms with Crippen molar-refractivity contribution in [3.8, 4) is 0 Å². The molecule has 0 aliphatic rings. The summed E-state index contributed by atoms with van der Waals surface area (Å²) in [4.78, 5) is 14.3. The second-order valence-electron chi connectivity index (χ2n) is 3.76. The van der Waals surface area contributed by atoms with Crippen LogP contribution >= 0.6 is 22.9 Å². The third-order valence-corrected chi connectivity index (χ3v) is 3.54. The number of hydrogen-bond donors (Lipinski definition) is 0. The first kappa shape index (κ1) is 10.4. The van der Waals surface area contributed by atoms with Gasteiger partial charge in [0, 0.05) is 16.1 Å². The number of rotatable bonds is 5. The predicted octanol–water partition coefficient (Wildman–Crippen LogP) is 2.97. The highest BCUT2D eigenvalue weighted by molar-refractivity contribution is 7.10. The van der Waals surface area contributed by atoms with Gasteiger partial charge < -0.3 is 9.64 Å². The van der Waals surface area contributed by atoms with E-state index in [4.69, 9.17) is 20.5 Å². The molecule has 0 radical (unpaired) electrons. The van der Waals surface area contributed by atoms with Crippen molar-refractivity contribution in [3.05, 3.63) is 15.8 Å². The molecule has 0 aliphatic heterocycles. The third kappa shape index (κ3) is 3.21. The highest BCUT2D eigenvalue weighted by Crippen LogP contribution is 2.32. The zero-order valence-corrected chi connectivity index (χ0v) is 11.7. The SMILES string of the molecule is [2H]C([2H])([2H])c1csc(C)c1N(C(=O)CCl)C(C)COC. The largest absolute Gasteiger partial charge is 0.383 e. The maximum atomic E-state index is 12.1.